The van der Waals surface area contributed by atoms with Gasteiger partial charge in [-0.3, -0.25) is 4.79 Å². The average Bonchev–Trinajstić information content (AvgIpc) is 2.00. The number of amides is 2. The molecule has 0 rings (SSSR count). The summed E-state index contributed by atoms with van der Waals surface area (Å²) in [5.74, 6) is -0.332. The van der Waals surface area contributed by atoms with E-state index in [0.29, 0.717) is 0 Å². The Kier molecular flexibility index (Phi) is 4.97. The first-order valence-electron chi connectivity index (χ1n) is 4.48. The van der Waals surface area contributed by atoms with Gasteiger partial charge in [-0.2, -0.15) is 0 Å². The number of urea groups is 1. The Bertz CT molecular complexity index is 209. The van der Waals surface area contributed by atoms with Crippen LogP contribution in [0.15, 0.2) is 0 Å². The van der Waals surface area contributed by atoms with Crippen LogP contribution >= 0.6 is 0 Å². The lowest BCUT2D eigenvalue weighted by Gasteiger charge is -2.20. The van der Waals surface area contributed by atoms with E-state index in [9.17, 15) is 9.59 Å². The smallest absolute Gasteiger partial charge is 0.315 e. The zero-order chi connectivity index (χ0) is 11.2. The predicted molar refractivity (Wildman–Crippen MR) is 52.9 cm³/mol. The molecule has 0 saturated heterocycles. The molecule has 0 radical (unpaired) electrons. The number of nitrogens with one attached hydrogen (secondary N) is 2. The minimum absolute atomic E-state index is 0.189. The summed E-state index contributed by atoms with van der Waals surface area (Å²) >= 11 is 0. The zero-order valence-corrected chi connectivity index (χ0v) is 9.14. The van der Waals surface area contributed by atoms with Crippen LogP contribution in [-0.4, -0.2) is 31.2 Å². The monoisotopic (exact) mass is 202 g/mol. The first-order chi connectivity index (χ1) is 6.35. The SMILES string of the molecule is COC(=O)CCNC(=O)NC(C)(C)C. The third-order valence-electron chi connectivity index (χ3n) is 1.33. The highest BCUT2D eigenvalue weighted by Gasteiger charge is 2.13. The van der Waals surface area contributed by atoms with Crippen molar-refractivity contribution in [3.63, 3.8) is 0 Å². The van der Waals surface area contributed by atoms with Crippen molar-refractivity contribution in [2.75, 3.05) is 13.7 Å². The molecule has 0 unspecified atom stereocenters. The molecule has 0 fully saturated rings. The molecule has 0 aliphatic rings. The van der Waals surface area contributed by atoms with Gasteiger partial charge in [0.25, 0.3) is 0 Å². The van der Waals surface area contributed by atoms with Gasteiger partial charge in [0.2, 0.25) is 0 Å². The van der Waals surface area contributed by atoms with Crippen LogP contribution in [0.2, 0.25) is 0 Å². The molecule has 0 atom stereocenters. The number of hydrogen-bond acceptors (Lipinski definition) is 3. The molecule has 5 heteroatoms. The summed E-state index contributed by atoms with van der Waals surface area (Å²) in [6, 6.07) is -0.276. The first kappa shape index (κ1) is 12.7. The molecule has 0 heterocycles. The van der Waals surface area contributed by atoms with Crippen molar-refractivity contribution in [3.05, 3.63) is 0 Å². The fraction of sp³-hybridized carbons (Fsp3) is 0.778. The highest BCUT2D eigenvalue weighted by atomic mass is 16.5. The summed E-state index contributed by atoms with van der Waals surface area (Å²) in [6.45, 7) is 5.93. The first-order valence-corrected chi connectivity index (χ1v) is 4.48. The van der Waals surface area contributed by atoms with Crippen LogP contribution < -0.4 is 10.6 Å². The van der Waals surface area contributed by atoms with Crippen molar-refractivity contribution in [1.29, 1.82) is 0 Å². The predicted octanol–water partition coefficient (Wildman–Crippen LogP) is 0.647. The van der Waals surface area contributed by atoms with Gasteiger partial charge in [0.05, 0.1) is 13.5 Å². The van der Waals surface area contributed by atoms with E-state index in [1.807, 2.05) is 20.8 Å². The zero-order valence-electron chi connectivity index (χ0n) is 9.14. The maximum absolute atomic E-state index is 11.2. The van der Waals surface area contributed by atoms with Crippen LogP contribution in [0.25, 0.3) is 0 Å². The Hall–Kier alpha value is -1.26. The van der Waals surface area contributed by atoms with Crippen molar-refractivity contribution in [1.82, 2.24) is 10.6 Å². The molecule has 0 aliphatic heterocycles. The largest absolute Gasteiger partial charge is 0.469 e. The quantitative estimate of drug-likeness (QED) is 0.660. The van der Waals surface area contributed by atoms with E-state index in [4.69, 9.17) is 0 Å². The van der Waals surface area contributed by atoms with Gasteiger partial charge in [-0.1, -0.05) is 0 Å². The molecule has 5 nitrogen and oxygen atoms in total. The standard InChI is InChI=1S/C9H18N2O3/c1-9(2,3)11-8(13)10-6-5-7(12)14-4/h5-6H2,1-4H3,(H2,10,11,13). The van der Waals surface area contributed by atoms with Gasteiger partial charge in [0.1, 0.15) is 0 Å². The lowest BCUT2D eigenvalue weighted by Crippen LogP contribution is -2.46. The third-order valence-corrected chi connectivity index (χ3v) is 1.33. The van der Waals surface area contributed by atoms with Gasteiger partial charge in [-0.25, -0.2) is 4.79 Å². The second kappa shape index (κ2) is 5.47. The van der Waals surface area contributed by atoms with Gasteiger partial charge < -0.3 is 15.4 Å². The summed E-state index contributed by atoms with van der Waals surface area (Å²) in [6.07, 6.45) is 0.189. The minimum atomic E-state index is -0.332. The summed E-state index contributed by atoms with van der Waals surface area (Å²) in [7, 11) is 1.32. The van der Waals surface area contributed by atoms with E-state index in [1.165, 1.54) is 7.11 Å². The normalized spacial score (nSPS) is 10.6. The number of carbonyl (C=O) groups is 2. The number of rotatable bonds is 3. The Morgan fingerprint density at radius 1 is 1.29 bits per heavy atom. The number of carbonyl (C=O) groups excluding carboxylic acids is 2. The Morgan fingerprint density at radius 3 is 2.29 bits per heavy atom. The maximum atomic E-state index is 11.2. The van der Waals surface area contributed by atoms with Crippen LogP contribution in [-0.2, 0) is 9.53 Å². The lowest BCUT2D eigenvalue weighted by atomic mass is 10.1. The molecule has 82 valence electrons. The highest BCUT2D eigenvalue weighted by Crippen LogP contribution is 1.97. The Morgan fingerprint density at radius 2 is 1.86 bits per heavy atom. The van der Waals surface area contributed by atoms with Crippen LogP contribution in [0.1, 0.15) is 27.2 Å². The molecule has 2 N–H and O–H groups in total. The number of methoxy groups -OCH3 is 1. The topological polar surface area (TPSA) is 67.4 Å². The van der Waals surface area contributed by atoms with Gasteiger partial charge in [-0.05, 0) is 20.8 Å². The third kappa shape index (κ3) is 7.39. The van der Waals surface area contributed by atoms with Gasteiger partial charge >= 0.3 is 12.0 Å². The highest BCUT2D eigenvalue weighted by molar-refractivity contribution is 5.75. The molecule has 0 bridgehead atoms. The maximum Gasteiger partial charge on any atom is 0.315 e. The van der Waals surface area contributed by atoms with Crippen LogP contribution in [0, 0.1) is 0 Å². The van der Waals surface area contributed by atoms with Crippen molar-refractivity contribution < 1.29 is 14.3 Å². The molecule has 0 aromatic heterocycles. The van der Waals surface area contributed by atoms with E-state index in [0.717, 1.165) is 0 Å². The molecular weight excluding hydrogens is 184 g/mol. The average molecular weight is 202 g/mol. The molecule has 0 aromatic carbocycles. The fourth-order valence-corrected chi connectivity index (χ4v) is 0.765. The number of esters is 1. The van der Waals surface area contributed by atoms with Crippen LogP contribution in [0.4, 0.5) is 4.79 Å². The number of ether oxygens (including phenoxy) is 1. The van der Waals surface area contributed by atoms with Crippen molar-refractivity contribution >= 4 is 12.0 Å². The molecule has 0 saturated carbocycles. The number of hydrogen-bond donors (Lipinski definition) is 2. The van der Waals surface area contributed by atoms with Crippen molar-refractivity contribution in [2.45, 2.75) is 32.7 Å². The summed E-state index contributed by atoms with van der Waals surface area (Å²) in [4.78, 5) is 21.8. The van der Waals surface area contributed by atoms with E-state index in [-0.39, 0.29) is 30.5 Å². The van der Waals surface area contributed by atoms with Gasteiger partial charge in [0.15, 0.2) is 0 Å². The van der Waals surface area contributed by atoms with E-state index in [1.54, 1.807) is 0 Å². The molecular formula is C9H18N2O3. The van der Waals surface area contributed by atoms with E-state index < -0.39 is 0 Å². The fourth-order valence-electron chi connectivity index (χ4n) is 0.765. The summed E-state index contributed by atoms with van der Waals surface area (Å²) < 4.78 is 4.42. The lowest BCUT2D eigenvalue weighted by molar-refractivity contribution is -0.140. The molecule has 0 aromatic rings. The second-order valence-corrected chi connectivity index (χ2v) is 3.96. The van der Waals surface area contributed by atoms with Crippen LogP contribution in [0.3, 0.4) is 0 Å². The Balaban J connectivity index is 3.60. The van der Waals surface area contributed by atoms with Gasteiger partial charge in [0, 0.05) is 12.1 Å². The van der Waals surface area contributed by atoms with E-state index >= 15 is 0 Å². The molecule has 0 aliphatic carbocycles. The molecule has 14 heavy (non-hydrogen) atoms. The van der Waals surface area contributed by atoms with E-state index in [2.05, 4.69) is 15.4 Å². The molecule has 0 spiro atoms. The minimum Gasteiger partial charge on any atom is -0.469 e. The van der Waals surface area contributed by atoms with Crippen molar-refractivity contribution in [3.8, 4) is 0 Å². The summed E-state index contributed by atoms with van der Waals surface area (Å²) in [5, 5.41) is 5.26. The molecule has 2 amide bonds. The van der Waals surface area contributed by atoms with Crippen LogP contribution in [0.5, 0.6) is 0 Å². The summed E-state index contributed by atoms with van der Waals surface area (Å²) in [5.41, 5.74) is -0.269. The second-order valence-electron chi connectivity index (χ2n) is 3.96. The Labute approximate surface area is 84.2 Å². The van der Waals surface area contributed by atoms with Gasteiger partial charge in [-0.15, -0.1) is 0 Å². The van der Waals surface area contributed by atoms with Crippen molar-refractivity contribution in [2.24, 2.45) is 0 Å².